The standard InChI is InChI=1S/C53H34N2S/c1-3-14-36(15-4-1)48-34-49(55-52(54-48)37-16-5-2-6-17-37)39-19-13-18-38(32-39)35-26-28-40(29-27-35)53(46-23-10-7-20-42(46)43-21-8-11-24-47(43)53)41-30-31-45-44-22-9-12-25-50(44)56-51(45)33-41/h1-34H. The van der Waals surface area contributed by atoms with Crippen molar-refractivity contribution in [2.45, 2.75) is 5.41 Å². The quantitative estimate of drug-likeness (QED) is 0.170. The molecule has 11 rings (SSSR count). The van der Waals surface area contributed by atoms with Gasteiger partial charge in [0.1, 0.15) is 0 Å². The predicted molar refractivity (Wildman–Crippen MR) is 234 cm³/mol. The first kappa shape index (κ1) is 32.5. The maximum atomic E-state index is 5.11. The highest BCUT2D eigenvalue weighted by atomic mass is 32.1. The molecular formula is C53H34N2S. The van der Waals surface area contributed by atoms with Crippen LogP contribution in [-0.2, 0) is 5.41 Å². The topological polar surface area (TPSA) is 25.8 Å². The number of nitrogens with zero attached hydrogens (tertiary/aromatic N) is 2. The van der Waals surface area contributed by atoms with Crippen LogP contribution in [0.5, 0.6) is 0 Å². The summed E-state index contributed by atoms with van der Waals surface area (Å²) in [6.45, 7) is 0. The van der Waals surface area contributed by atoms with Gasteiger partial charge in [-0.05, 0) is 68.8 Å². The summed E-state index contributed by atoms with van der Waals surface area (Å²) in [5, 5.41) is 2.64. The molecule has 0 atom stereocenters. The van der Waals surface area contributed by atoms with E-state index in [4.69, 9.17) is 9.97 Å². The lowest BCUT2D eigenvalue weighted by Gasteiger charge is -2.34. The lowest BCUT2D eigenvalue weighted by Crippen LogP contribution is -2.28. The highest BCUT2D eigenvalue weighted by Gasteiger charge is 2.46. The summed E-state index contributed by atoms with van der Waals surface area (Å²) in [6.07, 6.45) is 0. The van der Waals surface area contributed by atoms with Gasteiger partial charge in [-0.2, -0.15) is 0 Å². The van der Waals surface area contributed by atoms with Crippen molar-refractivity contribution in [3.8, 4) is 56.2 Å². The average Bonchev–Trinajstić information content (AvgIpc) is 3.80. The van der Waals surface area contributed by atoms with Crippen molar-refractivity contribution in [2.24, 2.45) is 0 Å². The summed E-state index contributed by atoms with van der Waals surface area (Å²) in [4.78, 5) is 10.1. The van der Waals surface area contributed by atoms with Gasteiger partial charge in [0.05, 0.1) is 16.8 Å². The molecule has 2 heterocycles. The van der Waals surface area contributed by atoms with Gasteiger partial charge in [-0.15, -0.1) is 11.3 Å². The third-order valence-electron chi connectivity index (χ3n) is 11.4. The van der Waals surface area contributed by atoms with Crippen LogP contribution in [0, 0.1) is 0 Å². The highest BCUT2D eigenvalue weighted by Crippen LogP contribution is 2.56. The van der Waals surface area contributed by atoms with Crippen LogP contribution in [0.4, 0.5) is 0 Å². The molecular weight excluding hydrogens is 697 g/mol. The molecule has 2 nitrogen and oxygen atoms in total. The largest absolute Gasteiger partial charge is 0.228 e. The van der Waals surface area contributed by atoms with Crippen molar-refractivity contribution < 1.29 is 0 Å². The Balaban J connectivity index is 1.05. The summed E-state index contributed by atoms with van der Waals surface area (Å²) in [5.41, 5.74) is 14.5. The van der Waals surface area contributed by atoms with Crippen LogP contribution in [-0.4, -0.2) is 9.97 Å². The Kier molecular flexibility index (Phi) is 7.61. The molecule has 0 saturated heterocycles. The van der Waals surface area contributed by atoms with E-state index < -0.39 is 5.41 Å². The number of hydrogen-bond acceptors (Lipinski definition) is 3. The first-order valence-electron chi connectivity index (χ1n) is 19.1. The van der Waals surface area contributed by atoms with Crippen molar-refractivity contribution >= 4 is 31.5 Å². The molecule has 0 amide bonds. The Labute approximate surface area is 330 Å². The van der Waals surface area contributed by atoms with Gasteiger partial charge in [-0.1, -0.05) is 182 Å². The lowest BCUT2D eigenvalue weighted by molar-refractivity contribution is 0.770. The van der Waals surface area contributed by atoms with Gasteiger partial charge in [0, 0.05) is 36.9 Å². The molecule has 0 unspecified atom stereocenters. The van der Waals surface area contributed by atoms with E-state index in [1.54, 1.807) is 0 Å². The second kappa shape index (κ2) is 13.1. The second-order valence-electron chi connectivity index (χ2n) is 14.5. The van der Waals surface area contributed by atoms with Crippen molar-refractivity contribution in [1.82, 2.24) is 9.97 Å². The van der Waals surface area contributed by atoms with Gasteiger partial charge in [0.25, 0.3) is 0 Å². The SMILES string of the molecule is c1ccc(-c2cc(-c3cccc(-c4ccc(C5(c6ccc7c(c6)sc6ccccc67)c6ccccc6-c6ccccc65)cc4)c3)nc(-c3ccccc3)n2)cc1. The molecule has 0 N–H and O–H groups in total. The van der Waals surface area contributed by atoms with Gasteiger partial charge in [0.15, 0.2) is 5.82 Å². The summed E-state index contributed by atoms with van der Waals surface area (Å²) in [7, 11) is 0. The average molecular weight is 731 g/mol. The van der Waals surface area contributed by atoms with Gasteiger partial charge in [0.2, 0.25) is 0 Å². The normalized spacial score (nSPS) is 12.8. The Morgan fingerprint density at radius 3 is 1.62 bits per heavy atom. The first-order chi connectivity index (χ1) is 27.7. The highest BCUT2D eigenvalue weighted by molar-refractivity contribution is 7.25. The molecule has 0 radical (unpaired) electrons. The van der Waals surface area contributed by atoms with E-state index in [2.05, 4.69) is 182 Å². The first-order valence-corrected chi connectivity index (χ1v) is 19.9. The summed E-state index contributed by atoms with van der Waals surface area (Å²) >= 11 is 1.88. The van der Waals surface area contributed by atoms with Crippen LogP contribution in [0.3, 0.4) is 0 Å². The van der Waals surface area contributed by atoms with Gasteiger partial charge in [-0.25, -0.2) is 9.97 Å². The monoisotopic (exact) mass is 730 g/mol. The second-order valence-corrected chi connectivity index (χ2v) is 15.6. The smallest absolute Gasteiger partial charge is 0.160 e. The van der Waals surface area contributed by atoms with E-state index in [0.29, 0.717) is 5.82 Å². The zero-order chi connectivity index (χ0) is 37.1. The van der Waals surface area contributed by atoms with Crippen LogP contribution in [0.25, 0.3) is 76.3 Å². The third kappa shape index (κ3) is 5.16. The maximum Gasteiger partial charge on any atom is 0.160 e. The molecule has 10 aromatic rings. The number of aromatic nitrogens is 2. The van der Waals surface area contributed by atoms with Crippen LogP contribution in [0.2, 0.25) is 0 Å². The molecule has 0 saturated carbocycles. The Bertz CT molecular complexity index is 2970. The molecule has 1 aliphatic carbocycles. The summed E-state index contributed by atoms with van der Waals surface area (Å²) < 4.78 is 2.64. The van der Waals surface area contributed by atoms with E-state index in [1.165, 1.54) is 53.6 Å². The molecule has 1 aliphatic rings. The minimum absolute atomic E-state index is 0.472. The zero-order valence-corrected chi connectivity index (χ0v) is 31.2. The molecule has 56 heavy (non-hydrogen) atoms. The lowest BCUT2D eigenvalue weighted by atomic mass is 9.67. The zero-order valence-electron chi connectivity index (χ0n) is 30.4. The molecule has 0 spiro atoms. The molecule has 0 fully saturated rings. The number of thiophene rings is 1. The molecule has 3 heteroatoms. The van der Waals surface area contributed by atoms with Crippen molar-refractivity contribution in [3.05, 3.63) is 229 Å². The minimum atomic E-state index is -0.472. The van der Waals surface area contributed by atoms with E-state index in [-0.39, 0.29) is 0 Å². The fourth-order valence-electron chi connectivity index (χ4n) is 8.82. The maximum absolute atomic E-state index is 5.11. The molecule has 0 aliphatic heterocycles. The van der Waals surface area contributed by atoms with E-state index in [9.17, 15) is 0 Å². The van der Waals surface area contributed by atoms with Crippen LogP contribution in [0.15, 0.2) is 206 Å². The van der Waals surface area contributed by atoms with E-state index in [1.807, 2.05) is 35.6 Å². The molecule has 8 aromatic carbocycles. The minimum Gasteiger partial charge on any atom is -0.228 e. The van der Waals surface area contributed by atoms with Crippen molar-refractivity contribution in [1.29, 1.82) is 0 Å². The van der Waals surface area contributed by atoms with Gasteiger partial charge in [-0.3, -0.25) is 0 Å². The molecule has 2 aromatic heterocycles. The Morgan fingerprint density at radius 1 is 0.339 bits per heavy atom. The number of rotatable bonds is 6. The summed E-state index contributed by atoms with van der Waals surface area (Å²) in [5.74, 6) is 0.716. The third-order valence-corrected chi connectivity index (χ3v) is 12.5. The number of hydrogen-bond donors (Lipinski definition) is 0. The molecule has 0 bridgehead atoms. The fraction of sp³-hybridized carbons (Fsp3) is 0.0189. The van der Waals surface area contributed by atoms with E-state index in [0.717, 1.165) is 39.2 Å². The van der Waals surface area contributed by atoms with E-state index >= 15 is 0 Å². The number of fused-ring (bicyclic) bond motifs is 6. The van der Waals surface area contributed by atoms with Crippen LogP contribution < -0.4 is 0 Å². The fourth-order valence-corrected chi connectivity index (χ4v) is 9.97. The van der Waals surface area contributed by atoms with Crippen molar-refractivity contribution in [2.75, 3.05) is 0 Å². The van der Waals surface area contributed by atoms with Crippen LogP contribution in [0.1, 0.15) is 22.3 Å². The summed E-state index contributed by atoms with van der Waals surface area (Å²) in [6, 6.07) is 74.6. The number of benzene rings is 8. The van der Waals surface area contributed by atoms with Gasteiger partial charge >= 0.3 is 0 Å². The molecule has 262 valence electrons. The predicted octanol–water partition coefficient (Wildman–Crippen LogP) is 13.9. The Morgan fingerprint density at radius 2 is 0.893 bits per heavy atom. The van der Waals surface area contributed by atoms with Gasteiger partial charge < -0.3 is 0 Å². The van der Waals surface area contributed by atoms with Crippen molar-refractivity contribution in [3.63, 3.8) is 0 Å². The Hall–Kier alpha value is -6.94. The van der Waals surface area contributed by atoms with Crippen LogP contribution >= 0.6 is 11.3 Å².